The Kier molecular flexibility index (Phi) is 8.24. The number of aromatic nitrogens is 2. The Labute approximate surface area is 194 Å². The number of benzene rings is 1. The minimum absolute atomic E-state index is 0.222. The van der Waals surface area contributed by atoms with Gasteiger partial charge in [-0.1, -0.05) is 29.8 Å². The first-order chi connectivity index (χ1) is 15.4. The smallest absolute Gasteiger partial charge is 0.348 e. The highest BCUT2D eigenvalue weighted by molar-refractivity contribution is 7.20. The van der Waals surface area contributed by atoms with Crippen LogP contribution < -0.4 is 5.32 Å². The number of nitrogens with zero attached hydrogens (tertiary/aromatic N) is 2. The van der Waals surface area contributed by atoms with Crippen LogP contribution >= 0.6 is 22.9 Å². The van der Waals surface area contributed by atoms with E-state index in [0.717, 1.165) is 21.5 Å². The molecule has 1 N–H and O–H groups in total. The van der Waals surface area contributed by atoms with Crippen LogP contribution in [0.5, 0.6) is 0 Å². The van der Waals surface area contributed by atoms with Crippen LogP contribution in [0.2, 0.25) is 5.02 Å². The largest absolute Gasteiger partial charge is 0.466 e. The lowest BCUT2D eigenvalue weighted by Crippen LogP contribution is -2.29. The summed E-state index contributed by atoms with van der Waals surface area (Å²) in [6, 6.07) is 9.26. The van der Waals surface area contributed by atoms with Crippen LogP contribution in [-0.4, -0.2) is 47.4 Å². The minimum Gasteiger partial charge on any atom is -0.466 e. The molecule has 8 nitrogen and oxygen atoms in total. The van der Waals surface area contributed by atoms with Gasteiger partial charge in [0, 0.05) is 23.4 Å². The Balaban J connectivity index is 1.55. The van der Waals surface area contributed by atoms with E-state index in [1.807, 2.05) is 35.9 Å². The van der Waals surface area contributed by atoms with Crippen LogP contribution in [0.1, 0.15) is 40.7 Å². The molecular weight excluding hydrogens is 454 g/mol. The molecule has 3 rings (SSSR count). The predicted octanol–water partition coefficient (Wildman–Crippen LogP) is 3.72. The van der Waals surface area contributed by atoms with E-state index in [2.05, 4.69) is 10.4 Å². The van der Waals surface area contributed by atoms with Gasteiger partial charge in [-0.05, 0) is 38.0 Å². The summed E-state index contributed by atoms with van der Waals surface area (Å²) in [5.41, 5.74) is 1.72. The zero-order valence-electron chi connectivity index (χ0n) is 17.9. The molecule has 1 amide bonds. The number of halogens is 1. The van der Waals surface area contributed by atoms with E-state index in [9.17, 15) is 14.4 Å². The van der Waals surface area contributed by atoms with E-state index in [0.29, 0.717) is 36.0 Å². The fourth-order valence-electron chi connectivity index (χ4n) is 3.06. The number of ether oxygens (including phenoxy) is 2. The quantitative estimate of drug-likeness (QED) is 0.353. The van der Waals surface area contributed by atoms with Crippen molar-refractivity contribution in [2.24, 2.45) is 0 Å². The molecule has 0 saturated heterocycles. The van der Waals surface area contributed by atoms with E-state index < -0.39 is 18.5 Å². The summed E-state index contributed by atoms with van der Waals surface area (Å²) in [4.78, 5) is 36.8. The molecule has 2 heterocycles. The number of hydrogen-bond acceptors (Lipinski definition) is 7. The first-order valence-corrected chi connectivity index (χ1v) is 11.4. The van der Waals surface area contributed by atoms with Crippen molar-refractivity contribution >= 4 is 51.0 Å². The lowest BCUT2D eigenvalue weighted by Gasteiger charge is -2.06. The summed E-state index contributed by atoms with van der Waals surface area (Å²) in [5, 5.41) is 8.67. The molecule has 0 bridgehead atoms. The number of hydrogen-bond donors (Lipinski definition) is 1. The number of carbonyl (C=O) groups is 3. The van der Waals surface area contributed by atoms with Gasteiger partial charge in [0.15, 0.2) is 6.61 Å². The highest BCUT2D eigenvalue weighted by atomic mass is 35.5. The van der Waals surface area contributed by atoms with Crippen molar-refractivity contribution in [2.45, 2.75) is 33.2 Å². The van der Waals surface area contributed by atoms with Crippen LogP contribution in [0.25, 0.3) is 10.2 Å². The SMILES string of the molecule is CCOC(=O)CCCNC(=O)COC(=O)c1cc2c(C)nn(Cc3ccccc3Cl)c2s1. The molecule has 0 fully saturated rings. The van der Waals surface area contributed by atoms with Gasteiger partial charge in [0.25, 0.3) is 5.91 Å². The molecule has 0 atom stereocenters. The first kappa shape index (κ1) is 23.7. The number of carbonyl (C=O) groups excluding carboxylic acids is 3. The first-order valence-electron chi connectivity index (χ1n) is 10.2. The lowest BCUT2D eigenvalue weighted by atomic mass is 10.2. The van der Waals surface area contributed by atoms with Gasteiger partial charge in [-0.15, -0.1) is 11.3 Å². The molecular formula is C22H24ClN3O5S. The van der Waals surface area contributed by atoms with E-state index >= 15 is 0 Å². The monoisotopic (exact) mass is 477 g/mol. The predicted molar refractivity (Wildman–Crippen MR) is 122 cm³/mol. The fraction of sp³-hybridized carbons (Fsp3) is 0.364. The highest BCUT2D eigenvalue weighted by Crippen LogP contribution is 2.30. The average molecular weight is 478 g/mol. The molecule has 0 aliphatic rings. The molecule has 10 heteroatoms. The number of fused-ring (bicyclic) bond motifs is 1. The van der Waals surface area contributed by atoms with Crippen molar-refractivity contribution in [3.63, 3.8) is 0 Å². The second-order valence-electron chi connectivity index (χ2n) is 7.00. The number of thiophene rings is 1. The summed E-state index contributed by atoms with van der Waals surface area (Å²) < 4.78 is 11.8. The van der Waals surface area contributed by atoms with Crippen molar-refractivity contribution in [1.82, 2.24) is 15.1 Å². The number of nitrogens with one attached hydrogen (secondary N) is 1. The normalized spacial score (nSPS) is 10.8. The van der Waals surface area contributed by atoms with Gasteiger partial charge in [0.2, 0.25) is 0 Å². The van der Waals surface area contributed by atoms with Gasteiger partial charge in [0.05, 0.1) is 18.8 Å². The molecule has 0 unspecified atom stereocenters. The maximum absolute atomic E-state index is 12.4. The molecule has 0 saturated carbocycles. The number of esters is 2. The summed E-state index contributed by atoms with van der Waals surface area (Å²) >= 11 is 7.52. The van der Waals surface area contributed by atoms with Crippen LogP contribution in [0, 0.1) is 6.92 Å². The van der Waals surface area contributed by atoms with Crippen molar-refractivity contribution in [2.75, 3.05) is 19.8 Å². The summed E-state index contributed by atoms with van der Waals surface area (Å²) in [6.07, 6.45) is 0.677. The van der Waals surface area contributed by atoms with Gasteiger partial charge in [-0.2, -0.15) is 5.10 Å². The van der Waals surface area contributed by atoms with Crippen LogP contribution in [0.4, 0.5) is 0 Å². The molecule has 0 radical (unpaired) electrons. The fourth-order valence-corrected chi connectivity index (χ4v) is 4.31. The van der Waals surface area contributed by atoms with Gasteiger partial charge in [-0.3, -0.25) is 14.3 Å². The van der Waals surface area contributed by atoms with Crippen LogP contribution in [-0.2, 0) is 25.6 Å². The van der Waals surface area contributed by atoms with Crippen molar-refractivity contribution in [3.8, 4) is 0 Å². The van der Waals surface area contributed by atoms with E-state index in [4.69, 9.17) is 21.1 Å². The second kappa shape index (κ2) is 11.1. The molecule has 2 aromatic heterocycles. The Bertz CT molecular complexity index is 1120. The number of rotatable bonds is 10. The summed E-state index contributed by atoms with van der Waals surface area (Å²) in [7, 11) is 0. The Morgan fingerprint density at radius 3 is 2.75 bits per heavy atom. The van der Waals surface area contributed by atoms with Gasteiger partial charge >= 0.3 is 11.9 Å². The number of amides is 1. The van der Waals surface area contributed by atoms with Gasteiger partial charge in [0.1, 0.15) is 9.71 Å². The van der Waals surface area contributed by atoms with E-state index in [1.54, 1.807) is 13.0 Å². The zero-order valence-corrected chi connectivity index (χ0v) is 19.4. The third-order valence-electron chi connectivity index (χ3n) is 4.61. The van der Waals surface area contributed by atoms with Crippen LogP contribution in [0.3, 0.4) is 0 Å². The summed E-state index contributed by atoms with van der Waals surface area (Å²) in [6.45, 7) is 4.33. The molecule has 0 aliphatic heterocycles. The maximum atomic E-state index is 12.4. The minimum atomic E-state index is -0.573. The van der Waals surface area contributed by atoms with E-state index in [-0.39, 0.29) is 12.4 Å². The van der Waals surface area contributed by atoms with Crippen molar-refractivity contribution in [3.05, 3.63) is 51.5 Å². The third kappa shape index (κ3) is 6.08. The molecule has 170 valence electrons. The Morgan fingerprint density at radius 2 is 2.00 bits per heavy atom. The third-order valence-corrected chi connectivity index (χ3v) is 6.10. The lowest BCUT2D eigenvalue weighted by molar-refractivity contribution is -0.143. The Hall–Kier alpha value is -2.91. The molecule has 32 heavy (non-hydrogen) atoms. The second-order valence-corrected chi connectivity index (χ2v) is 8.44. The van der Waals surface area contributed by atoms with Gasteiger partial charge < -0.3 is 14.8 Å². The maximum Gasteiger partial charge on any atom is 0.348 e. The zero-order chi connectivity index (χ0) is 23.1. The molecule has 1 aromatic carbocycles. The topological polar surface area (TPSA) is 99.5 Å². The van der Waals surface area contributed by atoms with Gasteiger partial charge in [-0.25, -0.2) is 4.79 Å². The standard InChI is InChI=1S/C22H24ClN3O5S/c1-3-30-20(28)9-6-10-24-19(27)13-31-22(29)18-11-16-14(2)25-26(21(16)32-18)12-15-7-4-5-8-17(15)23/h4-5,7-8,11H,3,6,9-10,12-13H2,1-2H3,(H,24,27). The molecule has 0 spiro atoms. The van der Waals surface area contributed by atoms with Crippen molar-refractivity contribution in [1.29, 1.82) is 0 Å². The highest BCUT2D eigenvalue weighted by Gasteiger charge is 2.19. The Morgan fingerprint density at radius 1 is 1.22 bits per heavy atom. The molecule has 3 aromatic rings. The van der Waals surface area contributed by atoms with E-state index in [1.165, 1.54) is 11.3 Å². The number of aryl methyl sites for hydroxylation is 1. The van der Waals surface area contributed by atoms with Crippen LogP contribution in [0.15, 0.2) is 30.3 Å². The van der Waals surface area contributed by atoms with Crippen molar-refractivity contribution < 1.29 is 23.9 Å². The average Bonchev–Trinajstić information content (AvgIpc) is 3.32. The summed E-state index contributed by atoms with van der Waals surface area (Å²) in [5.74, 6) is -1.30. The molecule has 0 aliphatic carbocycles.